The van der Waals surface area contributed by atoms with Gasteiger partial charge in [0.15, 0.2) is 0 Å². The third kappa shape index (κ3) is 3.86. The second kappa shape index (κ2) is 6.60. The minimum absolute atomic E-state index is 0.390. The van der Waals surface area contributed by atoms with Crippen molar-refractivity contribution < 1.29 is 4.74 Å². The Labute approximate surface area is 116 Å². The van der Waals surface area contributed by atoms with E-state index in [4.69, 9.17) is 4.74 Å². The quantitative estimate of drug-likeness (QED) is 0.844. The van der Waals surface area contributed by atoms with Crippen molar-refractivity contribution >= 4 is 11.8 Å². The van der Waals surface area contributed by atoms with Crippen LogP contribution in [-0.4, -0.2) is 61.8 Å². The lowest BCUT2D eigenvalue weighted by molar-refractivity contribution is 0.0220. The maximum atomic E-state index is 5.52. The molecule has 2 rings (SSSR count). The van der Waals surface area contributed by atoms with Crippen molar-refractivity contribution in [2.45, 2.75) is 37.2 Å². The number of methoxy groups -OCH3 is 1. The smallest absolute Gasteiger partial charge is 0.0531 e. The van der Waals surface area contributed by atoms with E-state index in [1.807, 2.05) is 7.11 Å². The second-order valence-corrected chi connectivity index (χ2v) is 8.02. The van der Waals surface area contributed by atoms with E-state index in [1.54, 1.807) is 0 Å². The molecule has 4 heteroatoms. The van der Waals surface area contributed by atoms with Crippen molar-refractivity contribution in [1.29, 1.82) is 0 Å². The average Bonchev–Trinajstić information content (AvgIpc) is 2.28. The Morgan fingerprint density at radius 2 is 1.83 bits per heavy atom. The van der Waals surface area contributed by atoms with Gasteiger partial charge >= 0.3 is 0 Å². The molecule has 0 radical (unpaired) electrons. The summed E-state index contributed by atoms with van der Waals surface area (Å²) in [4.78, 5) is 2.68. The molecular formula is C14H28N2OS. The summed E-state index contributed by atoms with van der Waals surface area (Å²) in [5, 5.41) is 5.02. The van der Waals surface area contributed by atoms with Crippen molar-refractivity contribution in [3.63, 3.8) is 0 Å². The molecule has 0 amide bonds. The summed E-state index contributed by atoms with van der Waals surface area (Å²) in [5.41, 5.74) is 0.390. The van der Waals surface area contributed by atoms with Crippen LogP contribution in [0.4, 0.5) is 0 Å². The molecule has 2 unspecified atom stereocenters. The first kappa shape index (κ1) is 14.6. The number of hydrogen-bond donors (Lipinski definition) is 1. The number of piperidine rings is 1. The van der Waals surface area contributed by atoms with Crippen LogP contribution in [-0.2, 0) is 4.74 Å². The van der Waals surface area contributed by atoms with Gasteiger partial charge in [0.25, 0.3) is 0 Å². The van der Waals surface area contributed by atoms with Gasteiger partial charge in [0.05, 0.1) is 6.61 Å². The van der Waals surface area contributed by atoms with Gasteiger partial charge in [-0.15, -0.1) is 0 Å². The monoisotopic (exact) mass is 272 g/mol. The van der Waals surface area contributed by atoms with Gasteiger partial charge in [-0.25, -0.2) is 0 Å². The molecule has 0 aromatic heterocycles. The van der Waals surface area contributed by atoms with Crippen molar-refractivity contribution in [3.05, 3.63) is 0 Å². The normalized spacial score (nSPS) is 33.5. The van der Waals surface area contributed by atoms with E-state index in [9.17, 15) is 0 Å². The zero-order chi connectivity index (χ0) is 13.0. The summed E-state index contributed by atoms with van der Waals surface area (Å²) in [6.07, 6.45) is 2.51. The Bertz CT molecular complexity index is 241. The van der Waals surface area contributed by atoms with Gasteiger partial charge in [-0.3, -0.25) is 0 Å². The van der Waals surface area contributed by atoms with E-state index in [1.165, 1.54) is 32.5 Å². The van der Waals surface area contributed by atoms with Gasteiger partial charge in [-0.2, -0.15) is 11.8 Å². The highest BCUT2D eigenvalue weighted by atomic mass is 32.2. The topological polar surface area (TPSA) is 24.5 Å². The summed E-state index contributed by atoms with van der Waals surface area (Å²) < 4.78 is 5.52. The van der Waals surface area contributed by atoms with Gasteiger partial charge < -0.3 is 15.0 Å². The molecule has 0 aromatic rings. The summed E-state index contributed by atoms with van der Waals surface area (Å²) in [6.45, 7) is 11.6. The summed E-state index contributed by atoms with van der Waals surface area (Å²) >= 11 is 2.13. The van der Waals surface area contributed by atoms with Crippen molar-refractivity contribution in [2.24, 2.45) is 5.41 Å². The van der Waals surface area contributed by atoms with Crippen LogP contribution in [0.1, 0.15) is 26.7 Å². The number of nitrogens with one attached hydrogen (secondary N) is 1. The molecule has 2 fully saturated rings. The number of nitrogens with zero attached hydrogens (tertiary/aromatic N) is 1. The van der Waals surface area contributed by atoms with E-state index < -0.39 is 0 Å². The van der Waals surface area contributed by atoms with Crippen LogP contribution in [0, 0.1) is 5.41 Å². The molecule has 0 spiro atoms. The highest BCUT2D eigenvalue weighted by molar-refractivity contribution is 8.00. The van der Waals surface area contributed by atoms with Crippen LogP contribution in [0.2, 0.25) is 0 Å². The van der Waals surface area contributed by atoms with Gasteiger partial charge in [0.1, 0.15) is 0 Å². The molecule has 3 nitrogen and oxygen atoms in total. The Balaban J connectivity index is 1.95. The maximum absolute atomic E-state index is 5.52. The fourth-order valence-electron chi connectivity index (χ4n) is 3.50. The fourth-order valence-corrected chi connectivity index (χ4v) is 4.89. The Morgan fingerprint density at radius 1 is 1.22 bits per heavy atom. The molecule has 18 heavy (non-hydrogen) atoms. The van der Waals surface area contributed by atoms with Gasteiger partial charge in [0.2, 0.25) is 0 Å². The summed E-state index contributed by atoms with van der Waals surface area (Å²) in [5.74, 6) is 0. The Morgan fingerprint density at radius 3 is 2.39 bits per heavy atom. The number of hydrogen-bond acceptors (Lipinski definition) is 4. The first-order valence-corrected chi connectivity index (χ1v) is 8.15. The first-order valence-electron chi connectivity index (χ1n) is 7.21. The Hall–Kier alpha value is 0.230. The molecule has 106 valence electrons. The molecule has 0 aliphatic carbocycles. The zero-order valence-electron chi connectivity index (χ0n) is 12.1. The van der Waals surface area contributed by atoms with Crippen LogP contribution >= 0.6 is 11.8 Å². The van der Waals surface area contributed by atoms with Crippen LogP contribution in [0.25, 0.3) is 0 Å². The molecule has 0 saturated carbocycles. The second-order valence-electron chi connectivity index (χ2n) is 6.13. The molecule has 0 aromatic carbocycles. The zero-order valence-corrected chi connectivity index (χ0v) is 12.9. The van der Waals surface area contributed by atoms with Crippen LogP contribution in [0.5, 0.6) is 0 Å². The van der Waals surface area contributed by atoms with E-state index >= 15 is 0 Å². The molecule has 2 aliphatic rings. The third-order valence-electron chi connectivity index (χ3n) is 4.17. The van der Waals surface area contributed by atoms with E-state index in [0.717, 1.165) is 30.2 Å². The van der Waals surface area contributed by atoms with E-state index in [2.05, 4.69) is 35.8 Å². The number of thioether (sulfide) groups is 1. The van der Waals surface area contributed by atoms with Crippen molar-refractivity contribution in [2.75, 3.05) is 46.4 Å². The highest BCUT2D eigenvalue weighted by Crippen LogP contribution is 2.33. The highest BCUT2D eigenvalue weighted by Gasteiger charge is 2.35. The standard InChI is InChI=1S/C14H28N2OS/c1-12-8-16(9-13(2)18-12)10-14(11-17-3)4-6-15-7-5-14/h12-13,15H,4-11H2,1-3H3. The molecular weight excluding hydrogens is 244 g/mol. The van der Waals surface area contributed by atoms with Crippen molar-refractivity contribution in [1.82, 2.24) is 10.2 Å². The van der Waals surface area contributed by atoms with Gasteiger partial charge in [0, 0.05) is 42.7 Å². The molecule has 2 aliphatic heterocycles. The molecule has 2 saturated heterocycles. The predicted molar refractivity (Wildman–Crippen MR) is 79.4 cm³/mol. The molecule has 2 heterocycles. The molecule has 0 bridgehead atoms. The SMILES string of the molecule is COCC1(CN2CC(C)SC(C)C2)CCNCC1. The lowest BCUT2D eigenvalue weighted by Gasteiger charge is -2.44. The molecule has 1 N–H and O–H groups in total. The van der Waals surface area contributed by atoms with Gasteiger partial charge in [-0.05, 0) is 25.9 Å². The number of rotatable bonds is 4. The fraction of sp³-hybridized carbons (Fsp3) is 1.00. The van der Waals surface area contributed by atoms with E-state index in [0.29, 0.717) is 5.41 Å². The maximum Gasteiger partial charge on any atom is 0.0531 e. The third-order valence-corrected chi connectivity index (χ3v) is 5.40. The van der Waals surface area contributed by atoms with E-state index in [-0.39, 0.29) is 0 Å². The minimum Gasteiger partial charge on any atom is -0.384 e. The lowest BCUT2D eigenvalue weighted by Crippen LogP contribution is -2.51. The average molecular weight is 272 g/mol. The summed E-state index contributed by atoms with van der Waals surface area (Å²) in [6, 6.07) is 0. The van der Waals surface area contributed by atoms with Crippen LogP contribution < -0.4 is 5.32 Å². The molecule has 2 atom stereocenters. The van der Waals surface area contributed by atoms with Crippen LogP contribution in [0.15, 0.2) is 0 Å². The Kier molecular flexibility index (Phi) is 5.36. The largest absolute Gasteiger partial charge is 0.384 e. The lowest BCUT2D eigenvalue weighted by atomic mass is 9.79. The minimum atomic E-state index is 0.390. The van der Waals surface area contributed by atoms with Gasteiger partial charge in [-0.1, -0.05) is 13.8 Å². The predicted octanol–water partition coefficient (Wildman–Crippen LogP) is 1.83. The number of ether oxygens (including phenoxy) is 1. The first-order chi connectivity index (χ1) is 8.63. The van der Waals surface area contributed by atoms with Crippen LogP contribution in [0.3, 0.4) is 0 Å². The summed E-state index contributed by atoms with van der Waals surface area (Å²) in [7, 11) is 1.85. The van der Waals surface area contributed by atoms with Crippen molar-refractivity contribution in [3.8, 4) is 0 Å².